The van der Waals surface area contributed by atoms with Crippen LogP contribution >= 0.6 is 0 Å². The fourth-order valence-electron chi connectivity index (χ4n) is 1.62. The Hall–Kier alpha value is -1.95. The van der Waals surface area contributed by atoms with Crippen molar-refractivity contribution in [3.8, 4) is 17.2 Å². The van der Waals surface area contributed by atoms with Crippen LogP contribution in [0.25, 0.3) is 0 Å². The Kier molecular flexibility index (Phi) is 5.44. The molecule has 6 nitrogen and oxygen atoms in total. The average Bonchev–Trinajstić information content (AvgIpc) is 2.42. The summed E-state index contributed by atoms with van der Waals surface area (Å²) in [5.74, 6) is 0.782. The first kappa shape index (κ1) is 15.1. The zero-order valence-corrected chi connectivity index (χ0v) is 11.5. The van der Waals surface area contributed by atoms with Crippen molar-refractivity contribution in [2.45, 2.75) is 13.0 Å². The minimum absolute atomic E-state index is 0.163. The predicted molar refractivity (Wildman–Crippen MR) is 70.1 cm³/mol. The zero-order chi connectivity index (χ0) is 14.4. The van der Waals surface area contributed by atoms with Gasteiger partial charge in [-0.1, -0.05) is 0 Å². The first-order valence-electron chi connectivity index (χ1n) is 5.80. The summed E-state index contributed by atoms with van der Waals surface area (Å²) in [6.07, 6.45) is -0.616. The number of rotatable bonds is 6. The van der Waals surface area contributed by atoms with E-state index in [1.54, 1.807) is 19.1 Å². The van der Waals surface area contributed by atoms with E-state index in [1.807, 2.05) is 0 Å². The van der Waals surface area contributed by atoms with Gasteiger partial charge in [0.1, 0.15) is 0 Å². The Morgan fingerprint density at radius 2 is 1.84 bits per heavy atom. The lowest BCUT2D eigenvalue weighted by Crippen LogP contribution is -2.30. The van der Waals surface area contributed by atoms with Crippen molar-refractivity contribution in [3.63, 3.8) is 0 Å². The Labute approximate surface area is 112 Å². The smallest absolute Gasteiger partial charge is 0.255 e. The van der Waals surface area contributed by atoms with Gasteiger partial charge in [0.05, 0.1) is 33.0 Å². The molecule has 0 radical (unpaired) electrons. The van der Waals surface area contributed by atoms with Gasteiger partial charge in [-0.3, -0.25) is 4.79 Å². The molecule has 1 aromatic rings. The van der Waals surface area contributed by atoms with E-state index in [1.165, 1.54) is 21.3 Å². The second kappa shape index (κ2) is 6.84. The van der Waals surface area contributed by atoms with Gasteiger partial charge in [0.2, 0.25) is 5.75 Å². The maximum Gasteiger partial charge on any atom is 0.255 e. The van der Waals surface area contributed by atoms with Gasteiger partial charge in [-0.2, -0.15) is 0 Å². The number of aliphatic hydroxyl groups excluding tert-OH is 1. The summed E-state index contributed by atoms with van der Waals surface area (Å²) in [7, 11) is 4.42. The summed E-state index contributed by atoms with van der Waals surface area (Å²) in [6.45, 7) is 1.75. The minimum Gasteiger partial charge on any atom is -0.493 e. The number of carbonyl (C=O) groups excluding carboxylic acids is 1. The summed E-state index contributed by atoms with van der Waals surface area (Å²) in [4.78, 5) is 12.0. The molecule has 0 saturated heterocycles. The van der Waals surface area contributed by atoms with E-state index in [2.05, 4.69) is 5.32 Å². The summed E-state index contributed by atoms with van der Waals surface area (Å²) >= 11 is 0. The molecule has 0 aliphatic heterocycles. The molecule has 1 aromatic carbocycles. The van der Waals surface area contributed by atoms with Crippen molar-refractivity contribution >= 4 is 5.91 Å². The summed E-state index contributed by atoms with van der Waals surface area (Å²) < 4.78 is 15.5. The highest BCUT2D eigenvalue weighted by Crippen LogP contribution is 2.39. The molecule has 0 bridgehead atoms. The summed E-state index contributed by atoms with van der Waals surface area (Å²) in [6, 6.07) is 3.20. The van der Waals surface area contributed by atoms with Gasteiger partial charge >= 0.3 is 0 Å². The van der Waals surface area contributed by atoms with Crippen molar-refractivity contribution in [2.75, 3.05) is 27.9 Å². The van der Waals surface area contributed by atoms with Crippen molar-refractivity contribution < 1.29 is 24.1 Å². The number of methoxy groups -OCH3 is 3. The molecule has 0 heterocycles. The first-order valence-corrected chi connectivity index (χ1v) is 5.80. The Morgan fingerprint density at radius 1 is 1.21 bits per heavy atom. The molecular weight excluding hydrogens is 250 g/mol. The monoisotopic (exact) mass is 269 g/mol. The Bertz CT molecular complexity index is 445. The Balaban J connectivity index is 3.10. The molecule has 0 aromatic heterocycles. The highest BCUT2D eigenvalue weighted by Gasteiger charge is 2.20. The highest BCUT2D eigenvalue weighted by molar-refractivity contribution is 5.98. The average molecular weight is 269 g/mol. The van der Waals surface area contributed by atoms with E-state index in [9.17, 15) is 4.79 Å². The lowest BCUT2D eigenvalue weighted by Gasteiger charge is -2.15. The van der Waals surface area contributed by atoms with Crippen molar-refractivity contribution in [3.05, 3.63) is 17.7 Å². The number of aliphatic hydroxyl groups is 1. The number of ether oxygens (including phenoxy) is 3. The largest absolute Gasteiger partial charge is 0.493 e. The quantitative estimate of drug-likeness (QED) is 0.799. The number of hydrogen-bond acceptors (Lipinski definition) is 5. The van der Waals surface area contributed by atoms with E-state index < -0.39 is 6.10 Å². The van der Waals surface area contributed by atoms with Crippen LogP contribution < -0.4 is 19.5 Å². The van der Waals surface area contributed by atoms with E-state index in [4.69, 9.17) is 19.3 Å². The SMILES string of the molecule is COc1ccc(C(=O)NC[C@H](C)O)c(OC)c1OC. The summed E-state index contributed by atoms with van der Waals surface area (Å²) in [5, 5.41) is 11.8. The van der Waals surface area contributed by atoms with Crippen LogP contribution in [0.5, 0.6) is 17.2 Å². The fraction of sp³-hybridized carbons (Fsp3) is 0.462. The highest BCUT2D eigenvalue weighted by atomic mass is 16.5. The maximum atomic E-state index is 12.0. The molecule has 0 spiro atoms. The molecule has 0 aliphatic rings. The standard InChI is InChI=1S/C13H19NO5/c1-8(15)7-14-13(16)9-5-6-10(17-2)12(19-4)11(9)18-3/h5-6,8,15H,7H2,1-4H3,(H,14,16)/t8-/m0/s1. The van der Waals surface area contributed by atoms with Crippen LogP contribution in [0.4, 0.5) is 0 Å². The first-order chi connectivity index (χ1) is 9.04. The zero-order valence-electron chi connectivity index (χ0n) is 11.5. The van der Waals surface area contributed by atoms with E-state index in [0.29, 0.717) is 22.8 Å². The normalized spacial score (nSPS) is 11.6. The molecule has 106 valence electrons. The number of amides is 1. The third kappa shape index (κ3) is 3.51. The van der Waals surface area contributed by atoms with Crippen molar-refractivity contribution in [1.82, 2.24) is 5.32 Å². The van der Waals surface area contributed by atoms with E-state index in [-0.39, 0.29) is 12.5 Å². The summed E-state index contributed by atoms with van der Waals surface area (Å²) in [5.41, 5.74) is 0.320. The lowest BCUT2D eigenvalue weighted by molar-refractivity contribution is 0.0920. The molecular formula is C13H19NO5. The second-order valence-electron chi connectivity index (χ2n) is 3.94. The molecule has 0 unspecified atom stereocenters. The molecule has 1 amide bonds. The molecule has 0 aliphatic carbocycles. The van der Waals surface area contributed by atoms with E-state index in [0.717, 1.165) is 0 Å². The third-order valence-electron chi connectivity index (χ3n) is 2.51. The molecule has 6 heteroatoms. The van der Waals surface area contributed by atoms with Crippen LogP contribution in [0.1, 0.15) is 17.3 Å². The van der Waals surface area contributed by atoms with Crippen LogP contribution in [0.15, 0.2) is 12.1 Å². The van der Waals surface area contributed by atoms with Crippen LogP contribution in [-0.2, 0) is 0 Å². The predicted octanol–water partition coefficient (Wildman–Crippen LogP) is 0.823. The van der Waals surface area contributed by atoms with Crippen LogP contribution in [0.2, 0.25) is 0 Å². The minimum atomic E-state index is -0.616. The van der Waals surface area contributed by atoms with Crippen LogP contribution in [0, 0.1) is 0 Å². The molecule has 0 saturated carbocycles. The van der Waals surface area contributed by atoms with Crippen LogP contribution in [-0.4, -0.2) is 45.0 Å². The van der Waals surface area contributed by atoms with Crippen molar-refractivity contribution in [2.24, 2.45) is 0 Å². The van der Waals surface area contributed by atoms with E-state index >= 15 is 0 Å². The van der Waals surface area contributed by atoms with Gasteiger partial charge in [-0.25, -0.2) is 0 Å². The number of benzene rings is 1. The van der Waals surface area contributed by atoms with Gasteiger partial charge in [-0.05, 0) is 19.1 Å². The maximum absolute atomic E-state index is 12.0. The van der Waals surface area contributed by atoms with Crippen LogP contribution in [0.3, 0.4) is 0 Å². The second-order valence-corrected chi connectivity index (χ2v) is 3.94. The van der Waals surface area contributed by atoms with Gasteiger partial charge < -0.3 is 24.6 Å². The number of nitrogens with one attached hydrogen (secondary N) is 1. The third-order valence-corrected chi connectivity index (χ3v) is 2.51. The molecule has 19 heavy (non-hydrogen) atoms. The Morgan fingerprint density at radius 3 is 2.32 bits per heavy atom. The lowest BCUT2D eigenvalue weighted by atomic mass is 10.1. The number of hydrogen-bond donors (Lipinski definition) is 2. The molecule has 0 fully saturated rings. The molecule has 1 atom stereocenters. The van der Waals surface area contributed by atoms with Gasteiger partial charge in [0.25, 0.3) is 5.91 Å². The number of carbonyl (C=O) groups is 1. The fourth-order valence-corrected chi connectivity index (χ4v) is 1.62. The van der Waals surface area contributed by atoms with Crippen molar-refractivity contribution in [1.29, 1.82) is 0 Å². The van der Waals surface area contributed by atoms with Gasteiger partial charge in [0.15, 0.2) is 11.5 Å². The van der Waals surface area contributed by atoms with Gasteiger partial charge in [-0.15, -0.1) is 0 Å². The molecule has 1 rings (SSSR count). The molecule has 2 N–H and O–H groups in total. The topological polar surface area (TPSA) is 77.0 Å². The van der Waals surface area contributed by atoms with Gasteiger partial charge in [0, 0.05) is 6.54 Å².